The van der Waals surface area contributed by atoms with Crippen LogP contribution < -0.4 is 14.8 Å². The van der Waals surface area contributed by atoms with E-state index in [9.17, 15) is 0 Å². The molecule has 6 nitrogen and oxygen atoms in total. The molecule has 1 heterocycles. The number of hydrogen-bond donors (Lipinski definition) is 1. The van der Waals surface area contributed by atoms with Gasteiger partial charge in [0, 0.05) is 39.2 Å². The van der Waals surface area contributed by atoms with Crippen LogP contribution in [0.4, 0.5) is 0 Å². The summed E-state index contributed by atoms with van der Waals surface area (Å²) in [5, 5.41) is 3.37. The van der Waals surface area contributed by atoms with E-state index in [4.69, 9.17) is 19.2 Å². The van der Waals surface area contributed by atoms with Gasteiger partial charge in [-0.15, -0.1) is 24.0 Å². The van der Waals surface area contributed by atoms with Crippen molar-refractivity contribution < 1.29 is 14.2 Å². The zero-order valence-electron chi connectivity index (χ0n) is 16.3. The molecule has 1 unspecified atom stereocenters. The van der Waals surface area contributed by atoms with Crippen LogP contribution in [-0.2, 0) is 11.2 Å². The van der Waals surface area contributed by atoms with E-state index in [1.54, 1.807) is 14.2 Å². The Hall–Kier alpha value is -1.22. The number of halogens is 1. The second-order valence-electron chi connectivity index (χ2n) is 6.29. The summed E-state index contributed by atoms with van der Waals surface area (Å²) in [6, 6.07) is 6.01. The van der Waals surface area contributed by atoms with Gasteiger partial charge in [0.25, 0.3) is 0 Å². The van der Waals surface area contributed by atoms with Crippen LogP contribution in [-0.4, -0.2) is 65.0 Å². The van der Waals surface area contributed by atoms with E-state index in [1.807, 2.05) is 12.1 Å². The summed E-state index contributed by atoms with van der Waals surface area (Å²) in [7, 11) is 5.40. The quantitative estimate of drug-likeness (QED) is 0.355. The van der Waals surface area contributed by atoms with Gasteiger partial charge in [-0.25, -0.2) is 0 Å². The number of guanidine groups is 1. The third kappa shape index (κ3) is 6.83. The summed E-state index contributed by atoms with van der Waals surface area (Å²) < 4.78 is 16.1. The van der Waals surface area contributed by atoms with E-state index in [-0.39, 0.29) is 24.0 Å². The molecule has 1 aliphatic rings. The van der Waals surface area contributed by atoms with Crippen LogP contribution in [0.5, 0.6) is 11.5 Å². The molecule has 1 aromatic carbocycles. The Labute approximate surface area is 174 Å². The molecular formula is C19H32IN3O3. The highest BCUT2D eigenvalue weighted by Gasteiger charge is 2.19. The van der Waals surface area contributed by atoms with Gasteiger partial charge in [-0.2, -0.15) is 0 Å². The van der Waals surface area contributed by atoms with Gasteiger partial charge >= 0.3 is 0 Å². The molecule has 0 bridgehead atoms. The van der Waals surface area contributed by atoms with Gasteiger partial charge in [0.15, 0.2) is 17.5 Å². The lowest BCUT2D eigenvalue weighted by Gasteiger charge is -2.24. The van der Waals surface area contributed by atoms with Gasteiger partial charge in [-0.1, -0.05) is 6.07 Å². The maximum Gasteiger partial charge on any atom is 0.193 e. The lowest BCUT2D eigenvalue weighted by molar-refractivity contribution is 0.181. The van der Waals surface area contributed by atoms with Crippen LogP contribution in [0.25, 0.3) is 0 Å². The van der Waals surface area contributed by atoms with Crippen molar-refractivity contribution in [3.63, 3.8) is 0 Å². The van der Waals surface area contributed by atoms with Crippen molar-refractivity contribution in [2.24, 2.45) is 10.9 Å². The largest absolute Gasteiger partial charge is 0.493 e. The van der Waals surface area contributed by atoms with Crippen molar-refractivity contribution in [3.05, 3.63) is 23.8 Å². The molecule has 1 atom stereocenters. The number of nitrogens with one attached hydrogen (secondary N) is 1. The maximum atomic E-state index is 5.47. The summed E-state index contributed by atoms with van der Waals surface area (Å²) in [5.41, 5.74) is 1.18. The van der Waals surface area contributed by atoms with Gasteiger partial charge in [-0.05, 0) is 37.5 Å². The number of aliphatic imine (C=N–C) groups is 1. The van der Waals surface area contributed by atoms with Crippen LogP contribution in [0, 0.1) is 5.92 Å². The highest BCUT2D eigenvalue weighted by molar-refractivity contribution is 14.0. The molecule has 0 aliphatic carbocycles. The van der Waals surface area contributed by atoms with Gasteiger partial charge < -0.3 is 24.4 Å². The molecule has 1 aliphatic heterocycles. The molecule has 1 saturated heterocycles. The van der Waals surface area contributed by atoms with E-state index in [2.05, 4.69) is 30.3 Å². The average molecular weight is 477 g/mol. The summed E-state index contributed by atoms with van der Waals surface area (Å²) in [4.78, 5) is 6.97. The summed E-state index contributed by atoms with van der Waals surface area (Å²) in [5.74, 6) is 3.06. The normalized spacial score (nSPS) is 16.8. The lowest BCUT2D eigenvalue weighted by atomic mass is 10.1. The van der Waals surface area contributed by atoms with E-state index in [0.717, 1.165) is 63.1 Å². The molecular weight excluding hydrogens is 445 g/mol. The fraction of sp³-hybridized carbons (Fsp3) is 0.632. The standard InChI is InChI=1S/C19H31N3O3.HI/c1-5-20-19(22(2)13-16-9-11-25-14-16)21-10-8-15-6-7-17(23-3)18(12-15)24-4;/h6-7,12,16H,5,8-11,13-14H2,1-4H3,(H,20,21);1H. The number of methoxy groups -OCH3 is 2. The number of rotatable bonds is 8. The number of benzene rings is 1. The van der Waals surface area contributed by atoms with Crippen LogP contribution in [0.15, 0.2) is 23.2 Å². The first kappa shape index (κ1) is 22.8. The molecule has 0 radical (unpaired) electrons. The molecule has 0 saturated carbocycles. The summed E-state index contributed by atoms with van der Waals surface area (Å²) in [6.45, 7) is 6.39. The third-order valence-corrected chi connectivity index (χ3v) is 4.36. The minimum Gasteiger partial charge on any atom is -0.493 e. The second kappa shape index (κ2) is 12.2. The van der Waals surface area contributed by atoms with Crippen molar-refractivity contribution in [3.8, 4) is 11.5 Å². The fourth-order valence-corrected chi connectivity index (χ4v) is 3.00. The first-order valence-corrected chi connectivity index (χ1v) is 8.96. The predicted octanol–water partition coefficient (Wildman–Crippen LogP) is 2.80. The molecule has 0 amide bonds. The number of ether oxygens (including phenoxy) is 3. The molecule has 26 heavy (non-hydrogen) atoms. The average Bonchev–Trinajstić information content (AvgIpc) is 3.13. The van der Waals surface area contributed by atoms with Crippen molar-refractivity contribution in [1.82, 2.24) is 10.2 Å². The Bertz CT molecular complexity index is 563. The third-order valence-electron chi connectivity index (χ3n) is 4.36. The highest BCUT2D eigenvalue weighted by atomic mass is 127. The summed E-state index contributed by atoms with van der Waals surface area (Å²) >= 11 is 0. The zero-order valence-corrected chi connectivity index (χ0v) is 18.6. The summed E-state index contributed by atoms with van der Waals surface area (Å²) in [6.07, 6.45) is 1.99. The van der Waals surface area contributed by atoms with Gasteiger partial charge in [0.2, 0.25) is 0 Å². The second-order valence-corrected chi connectivity index (χ2v) is 6.29. The minimum atomic E-state index is 0. The molecule has 2 rings (SSSR count). The van der Waals surface area contributed by atoms with Crippen molar-refractivity contribution in [1.29, 1.82) is 0 Å². The zero-order chi connectivity index (χ0) is 18.1. The Morgan fingerprint density at radius 1 is 1.31 bits per heavy atom. The smallest absolute Gasteiger partial charge is 0.193 e. The molecule has 1 fully saturated rings. The lowest BCUT2D eigenvalue weighted by Crippen LogP contribution is -2.41. The van der Waals surface area contributed by atoms with Crippen molar-refractivity contribution >= 4 is 29.9 Å². The Kier molecular flexibility index (Phi) is 10.7. The molecule has 1 aromatic rings. The minimum absolute atomic E-state index is 0. The maximum absolute atomic E-state index is 5.47. The highest BCUT2D eigenvalue weighted by Crippen LogP contribution is 2.27. The first-order valence-electron chi connectivity index (χ1n) is 8.96. The van der Waals surface area contributed by atoms with E-state index in [1.165, 1.54) is 5.56 Å². The first-order chi connectivity index (χ1) is 12.2. The predicted molar refractivity (Wildman–Crippen MR) is 116 cm³/mol. The number of nitrogens with zero attached hydrogens (tertiary/aromatic N) is 2. The number of hydrogen-bond acceptors (Lipinski definition) is 4. The molecule has 148 valence electrons. The SMILES string of the molecule is CCNC(=NCCc1ccc(OC)c(OC)c1)N(C)CC1CCOC1.I. The van der Waals surface area contributed by atoms with Gasteiger partial charge in [0.1, 0.15) is 0 Å². The Morgan fingerprint density at radius 2 is 2.08 bits per heavy atom. The molecule has 0 spiro atoms. The Morgan fingerprint density at radius 3 is 2.69 bits per heavy atom. The van der Waals surface area contributed by atoms with Crippen LogP contribution >= 0.6 is 24.0 Å². The van der Waals surface area contributed by atoms with Crippen LogP contribution in [0.2, 0.25) is 0 Å². The fourth-order valence-electron chi connectivity index (χ4n) is 3.00. The molecule has 0 aromatic heterocycles. The molecule has 1 N–H and O–H groups in total. The van der Waals surface area contributed by atoms with E-state index < -0.39 is 0 Å². The van der Waals surface area contributed by atoms with Gasteiger partial charge in [0.05, 0.1) is 20.8 Å². The van der Waals surface area contributed by atoms with Gasteiger partial charge in [-0.3, -0.25) is 4.99 Å². The topological polar surface area (TPSA) is 55.3 Å². The van der Waals surface area contributed by atoms with Crippen LogP contribution in [0.3, 0.4) is 0 Å². The van der Waals surface area contributed by atoms with Crippen LogP contribution in [0.1, 0.15) is 18.9 Å². The van der Waals surface area contributed by atoms with Crippen molar-refractivity contribution in [2.75, 3.05) is 54.1 Å². The van der Waals surface area contributed by atoms with E-state index in [0.29, 0.717) is 5.92 Å². The van der Waals surface area contributed by atoms with Crippen molar-refractivity contribution in [2.45, 2.75) is 19.8 Å². The van der Waals surface area contributed by atoms with E-state index >= 15 is 0 Å². The Balaban J connectivity index is 0.00000338. The molecule has 7 heteroatoms. The monoisotopic (exact) mass is 477 g/mol.